The monoisotopic (exact) mass is 248 g/mol. The maximum absolute atomic E-state index is 5.57. The molecule has 0 aliphatic rings. The van der Waals surface area contributed by atoms with Crippen molar-refractivity contribution in [3.05, 3.63) is 40.4 Å². The van der Waals surface area contributed by atoms with Gasteiger partial charge in [-0.25, -0.2) is 0 Å². The van der Waals surface area contributed by atoms with Crippen LogP contribution in [-0.2, 0) is 6.54 Å². The summed E-state index contributed by atoms with van der Waals surface area (Å²) in [7, 11) is 0. The van der Waals surface area contributed by atoms with Gasteiger partial charge in [-0.2, -0.15) is 0 Å². The summed E-state index contributed by atoms with van der Waals surface area (Å²) < 4.78 is 0. The minimum absolute atomic E-state index is 0.217. The van der Waals surface area contributed by atoms with E-state index in [1.165, 1.54) is 5.56 Å². The molecule has 90 valence electrons. The van der Waals surface area contributed by atoms with E-state index in [0.717, 1.165) is 15.7 Å². The fourth-order valence-corrected chi connectivity index (χ4v) is 2.24. The number of nitrogens with one attached hydrogen (secondary N) is 1. The molecule has 1 aromatic carbocycles. The molecule has 0 saturated carbocycles. The molecule has 0 bridgehead atoms. The lowest BCUT2D eigenvalue weighted by Gasteiger charge is -2.13. The van der Waals surface area contributed by atoms with E-state index in [2.05, 4.69) is 46.7 Å². The van der Waals surface area contributed by atoms with Crippen LogP contribution in [0.3, 0.4) is 0 Å². The van der Waals surface area contributed by atoms with Gasteiger partial charge < -0.3 is 11.1 Å². The third-order valence-electron chi connectivity index (χ3n) is 2.58. The third-order valence-corrected chi connectivity index (χ3v) is 3.35. The first kappa shape index (κ1) is 12.0. The molecule has 1 heterocycles. The molecule has 1 aromatic heterocycles. The second kappa shape index (κ2) is 5.25. The molecule has 0 saturated heterocycles. The summed E-state index contributed by atoms with van der Waals surface area (Å²) in [6, 6.07) is 8.51. The Labute approximate surface area is 105 Å². The highest BCUT2D eigenvalue weighted by Crippen LogP contribution is 2.21. The summed E-state index contributed by atoms with van der Waals surface area (Å²) in [5.74, 6) is 0. The lowest BCUT2D eigenvalue weighted by Crippen LogP contribution is -2.06. The summed E-state index contributed by atoms with van der Waals surface area (Å²) in [6.07, 6.45) is 0. The Hall–Kier alpha value is -1.46. The van der Waals surface area contributed by atoms with E-state index in [4.69, 9.17) is 5.73 Å². The van der Waals surface area contributed by atoms with Gasteiger partial charge in [-0.15, -0.1) is 10.2 Å². The summed E-state index contributed by atoms with van der Waals surface area (Å²) >= 11 is 1.57. The van der Waals surface area contributed by atoms with Crippen molar-refractivity contribution in [3.8, 4) is 0 Å². The van der Waals surface area contributed by atoms with Crippen LogP contribution in [-0.4, -0.2) is 10.2 Å². The third kappa shape index (κ3) is 3.01. The van der Waals surface area contributed by atoms with Gasteiger partial charge in [0.15, 0.2) is 0 Å². The van der Waals surface area contributed by atoms with Crippen LogP contribution in [0, 0.1) is 6.92 Å². The van der Waals surface area contributed by atoms with Gasteiger partial charge in [0.25, 0.3) is 0 Å². The van der Waals surface area contributed by atoms with Gasteiger partial charge in [-0.3, -0.25) is 0 Å². The van der Waals surface area contributed by atoms with Crippen LogP contribution in [0.5, 0.6) is 0 Å². The Morgan fingerprint density at radius 3 is 2.53 bits per heavy atom. The highest BCUT2D eigenvalue weighted by atomic mass is 32.1. The first-order chi connectivity index (χ1) is 8.19. The first-order valence-corrected chi connectivity index (χ1v) is 6.36. The highest BCUT2D eigenvalue weighted by Gasteiger charge is 2.07. The molecule has 1 atom stereocenters. The molecule has 0 aliphatic carbocycles. The average Bonchev–Trinajstić information content (AvgIpc) is 2.75. The second-order valence-corrected chi connectivity index (χ2v) is 5.12. The van der Waals surface area contributed by atoms with Gasteiger partial charge >= 0.3 is 0 Å². The summed E-state index contributed by atoms with van der Waals surface area (Å²) in [5, 5.41) is 13.2. The van der Waals surface area contributed by atoms with E-state index in [-0.39, 0.29) is 6.04 Å². The molecule has 17 heavy (non-hydrogen) atoms. The predicted molar refractivity (Wildman–Crippen MR) is 71.0 cm³/mol. The van der Waals surface area contributed by atoms with E-state index in [9.17, 15) is 0 Å². The summed E-state index contributed by atoms with van der Waals surface area (Å²) in [4.78, 5) is 0. The van der Waals surface area contributed by atoms with Crippen molar-refractivity contribution in [2.75, 3.05) is 5.32 Å². The zero-order valence-corrected chi connectivity index (χ0v) is 10.8. The minimum Gasteiger partial charge on any atom is -0.354 e. The van der Waals surface area contributed by atoms with E-state index >= 15 is 0 Å². The number of benzene rings is 1. The molecule has 0 radical (unpaired) electrons. The molecule has 5 heteroatoms. The lowest BCUT2D eigenvalue weighted by molar-refractivity contribution is 0.870. The summed E-state index contributed by atoms with van der Waals surface area (Å²) in [5.41, 5.74) is 7.93. The molecule has 2 rings (SSSR count). The number of anilines is 1. The molecule has 1 unspecified atom stereocenters. The number of nitrogens with two attached hydrogens (primary N) is 1. The van der Waals surface area contributed by atoms with E-state index < -0.39 is 0 Å². The second-order valence-electron chi connectivity index (χ2n) is 3.94. The number of hydrogen-bond donors (Lipinski definition) is 2. The fraction of sp³-hybridized carbons (Fsp3) is 0.333. The number of rotatable bonds is 4. The topological polar surface area (TPSA) is 63.8 Å². The van der Waals surface area contributed by atoms with Crippen LogP contribution < -0.4 is 11.1 Å². The normalized spacial score (nSPS) is 12.4. The van der Waals surface area contributed by atoms with Crippen LogP contribution in [0.25, 0.3) is 0 Å². The molecule has 0 aliphatic heterocycles. The predicted octanol–water partition coefficient (Wildman–Crippen LogP) is 2.48. The van der Waals surface area contributed by atoms with Crippen LogP contribution in [0.2, 0.25) is 0 Å². The van der Waals surface area contributed by atoms with Crippen molar-refractivity contribution >= 4 is 16.5 Å². The molecule has 4 nitrogen and oxygen atoms in total. The van der Waals surface area contributed by atoms with Gasteiger partial charge in [0, 0.05) is 6.54 Å². The molecule has 0 spiro atoms. The van der Waals surface area contributed by atoms with Gasteiger partial charge in [0.05, 0.1) is 6.04 Å². The Balaban J connectivity index is 2.06. The number of aromatic nitrogens is 2. The van der Waals surface area contributed by atoms with Crippen molar-refractivity contribution in [2.24, 2.45) is 5.73 Å². The molecule has 0 amide bonds. The zero-order chi connectivity index (χ0) is 12.3. The van der Waals surface area contributed by atoms with Gasteiger partial charge in [-0.05, 0) is 25.0 Å². The molecular weight excluding hydrogens is 232 g/mol. The molecule has 2 aromatic rings. The van der Waals surface area contributed by atoms with Crippen LogP contribution in [0.4, 0.5) is 5.13 Å². The Bertz CT molecular complexity index is 478. The Morgan fingerprint density at radius 2 is 2.00 bits per heavy atom. The first-order valence-electron chi connectivity index (χ1n) is 5.54. The number of aryl methyl sites for hydroxylation is 1. The van der Waals surface area contributed by atoms with Gasteiger partial charge in [-0.1, -0.05) is 35.6 Å². The highest BCUT2D eigenvalue weighted by molar-refractivity contribution is 7.15. The van der Waals surface area contributed by atoms with E-state index in [1.807, 2.05) is 6.92 Å². The van der Waals surface area contributed by atoms with E-state index in [1.54, 1.807) is 11.3 Å². The Morgan fingerprint density at radius 1 is 1.29 bits per heavy atom. The molecular formula is C12H16N4S. The summed E-state index contributed by atoms with van der Waals surface area (Å²) in [6.45, 7) is 4.63. The van der Waals surface area contributed by atoms with Crippen LogP contribution in [0.1, 0.15) is 29.1 Å². The number of nitrogens with zero attached hydrogens (tertiary/aromatic N) is 2. The standard InChI is InChI=1S/C12H16N4S/c1-8(14-12-16-15-9(2)17-12)11-5-3-10(7-13)4-6-11/h3-6,8H,7,13H2,1-2H3,(H,14,16). The van der Waals surface area contributed by atoms with Gasteiger partial charge in [0.2, 0.25) is 5.13 Å². The van der Waals surface area contributed by atoms with Crippen molar-refractivity contribution < 1.29 is 0 Å². The molecule has 3 N–H and O–H groups in total. The Kier molecular flexibility index (Phi) is 3.71. The van der Waals surface area contributed by atoms with Crippen molar-refractivity contribution in [1.82, 2.24) is 10.2 Å². The van der Waals surface area contributed by atoms with Crippen molar-refractivity contribution in [2.45, 2.75) is 26.4 Å². The minimum atomic E-state index is 0.217. The van der Waals surface area contributed by atoms with Crippen LogP contribution in [0.15, 0.2) is 24.3 Å². The zero-order valence-electron chi connectivity index (χ0n) is 9.97. The fourth-order valence-electron chi connectivity index (χ4n) is 1.57. The van der Waals surface area contributed by atoms with Crippen molar-refractivity contribution in [1.29, 1.82) is 0 Å². The number of hydrogen-bond acceptors (Lipinski definition) is 5. The smallest absolute Gasteiger partial charge is 0.206 e. The SMILES string of the molecule is Cc1nnc(NC(C)c2ccc(CN)cc2)s1. The van der Waals surface area contributed by atoms with E-state index in [0.29, 0.717) is 6.54 Å². The average molecular weight is 248 g/mol. The maximum Gasteiger partial charge on any atom is 0.206 e. The van der Waals surface area contributed by atoms with Crippen molar-refractivity contribution in [3.63, 3.8) is 0 Å². The van der Waals surface area contributed by atoms with Gasteiger partial charge in [0.1, 0.15) is 5.01 Å². The quantitative estimate of drug-likeness (QED) is 0.872. The molecule has 0 fully saturated rings. The lowest BCUT2D eigenvalue weighted by atomic mass is 10.1. The van der Waals surface area contributed by atoms with Crippen LogP contribution >= 0.6 is 11.3 Å². The maximum atomic E-state index is 5.57. The largest absolute Gasteiger partial charge is 0.354 e.